The second kappa shape index (κ2) is 12.8. The minimum absolute atomic E-state index is 0.0794. The molecule has 0 fully saturated rings. The van der Waals surface area contributed by atoms with Crippen LogP contribution in [0.4, 0.5) is 5.69 Å². The number of likely N-dealkylation sites (N-methyl/N-ethyl adjacent to an activating group) is 1. The number of nitrogens with one attached hydrogen (secondary N) is 3. The van der Waals surface area contributed by atoms with Crippen molar-refractivity contribution in [2.24, 2.45) is 5.10 Å². The van der Waals surface area contributed by atoms with Crippen molar-refractivity contribution in [1.82, 2.24) is 15.7 Å². The van der Waals surface area contributed by atoms with Crippen LogP contribution in [0.5, 0.6) is 11.5 Å². The highest BCUT2D eigenvalue weighted by Gasteiger charge is 2.18. The van der Waals surface area contributed by atoms with Gasteiger partial charge in [0.05, 0.1) is 33.9 Å². The number of aliphatic hydroxyl groups is 1. The first-order valence-electron chi connectivity index (χ1n) is 13.9. The highest BCUT2D eigenvalue weighted by Crippen LogP contribution is 2.38. The van der Waals surface area contributed by atoms with Gasteiger partial charge < -0.3 is 29.8 Å². The third kappa shape index (κ3) is 6.75. The molecule has 0 radical (unpaired) electrons. The van der Waals surface area contributed by atoms with Crippen LogP contribution in [0.1, 0.15) is 32.3 Å². The van der Waals surface area contributed by atoms with E-state index in [2.05, 4.69) is 31.8 Å². The van der Waals surface area contributed by atoms with Crippen molar-refractivity contribution >= 4 is 50.7 Å². The van der Waals surface area contributed by atoms with Crippen LogP contribution in [0.2, 0.25) is 5.02 Å². The number of carbonyl (C=O) groups is 1. The molecule has 0 saturated heterocycles. The first kappa shape index (κ1) is 28.7. The van der Waals surface area contributed by atoms with Crippen LogP contribution in [0, 0.1) is 0 Å². The molecule has 5 rings (SSSR count). The van der Waals surface area contributed by atoms with E-state index in [0.717, 1.165) is 44.5 Å². The lowest BCUT2D eigenvalue weighted by Gasteiger charge is -2.22. The van der Waals surface area contributed by atoms with Gasteiger partial charge in [0.15, 0.2) is 0 Å². The third-order valence-electron chi connectivity index (χ3n) is 7.06. The summed E-state index contributed by atoms with van der Waals surface area (Å²) in [6, 6.07) is 18.0. The van der Waals surface area contributed by atoms with Crippen LogP contribution < -0.4 is 25.1 Å². The monoisotopic (exact) mass is 577 g/mol. The third-order valence-corrected chi connectivity index (χ3v) is 7.35. The Morgan fingerprint density at radius 1 is 1.10 bits per heavy atom. The highest BCUT2D eigenvalue weighted by atomic mass is 35.5. The standard InChI is InChI=1S/C31H36ClN5O4/c1-19(2)33-17-21(38)18-41-28-12-10-26(31-30(28)22-6-4-5-7-25(22)34-31)37(3)14-15-40-27-11-8-20(16-23(27)32)24-9-13-29(39)36-35-24/h4-8,10-12,16,19,21,33-34,38H,9,13-15,17-18H2,1-3H3,(H,36,39). The fraction of sp³-hybridized carbons (Fsp3) is 0.355. The minimum atomic E-state index is -0.616. The molecule has 1 atom stereocenters. The molecule has 4 N–H and O–H groups in total. The van der Waals surface area contributed by atoms with Crippen molar-refractivity contribution in [1.29, 1.82) is 0 Å². The van der Waals surface area contributed by atoms with Crippen molar-refractivity contribution in [3.63, 3.8) is 0 Å². The largest absolute Gasteiger partial charge is 0.490 e. The second-order valence-corrected chi connectivity index (χ2v) is 10.9. The molecule has 1 unspecified atom stereocenters. The molecule has 10 heteroatoms. The number of fused-ring (bicyclic) bond motifs is 3. The van der Waals surface area contributed by atoms with Crippen LogP contribution in [-0.4, -0.2) is 67.2 Å². The van der Waals surface area contributed by atoms with E-state index in [4.69, 9.17) is 21.1 Å². The van der Waals surface area contributed by atoms with E-state index in [0.29, 0.717) is 49.4 Å². The zero-order chi connectivity index (χ0) is 28.9. The number of anilines is 1. The smallest absolute Gasteiger partial charge is 0.240 e. The molecule has 0 saturated carbocycles. The van der Waals surface area contributed by atoms with Crippen molar-refractivity contribution in [2.75, 3.05) is 38.3 Å². The molecule has 0 spiro atoms. The summed E-state index contributed by atoms with van der Waals surface area (Å²) in [5, 5.41) is 20.3. The minimum Gasteiger partial charge on any atom is -0.490 e. The van der Waals surface area contributed by atoms with Gasteiger partial charge in [-0.15, -0.1) is 0 Å². The van der Waals surface area contributed by atoms with Gasteiger partial charge in [0, 0.05) is 43.4 Å². The van der Waals surface area contributed by atoms with Crippen LogP contribution in [0.15, 0.2) is 59.7 Å². The van der Waals surface area contributed by atoms with Gasteiger partial charge in [-0.1, -0.05) is 43.6 Å². The molecule has 9 nitrogen and oxygen atoms in total. The Balaban J connectivity index is 1.28. The summed E-state index contributed by atoms with van der Waals surface area (Å²) >= 11 is 6.52. The normalized spacial score (nSPS) is 14.3. The Kier molecular flexibility index (Phi) is 8.97. The quantitative estimate of drug-likeness (QED) is 0.192. The number of aliphatic hydroxyl groups excluding tert-OH is 1. The summed E-state index contributed by atoms with van der Waals surface area (Å²) in [7, 11) is 2.02. The Morgan fingerprint density at radius 3 is 2.66 bits per heavy atom. The van der Waals surface area contributed by atoms with E-state index in [1.54, 1.807) is 0 Å². The lowest BCUT2D eigenvalue weighted by Crippen LogP contribution is -2.35. The SMILES string of the molecule is CC(C)NCC(O)COc1ccc(N(C)CCOc2ccc(C3=NNC(=O)CC3)cc2Cl)c2[nH]c3ccccc3c12. The number of ether oxygens (including phenoxy) is 2. The van der Waals surface area contributed by atoms with Crippen molar-refractivity contribution in [2.45, 2.75) is 38.8 Å². The fourth-order valence-electron chi connectivity index (χ4n) is 4.86. The molecule has 1 amide bonds. The molecular weight excluding hydrogens is 542 g/mol. The van der Waals surface area contributed by atoms with Crippen molar-refractivity contribution in [3.8, 4) is 11.5 Å². The zero-order valence-electron chi connectivity index (χ0n) is 23.5. The van der Waals surface area contributed by atoms with Crippen LogP contribution in [0.3, 0.4) is 0 Å². The molecular formula is C31H36ClN5O4. The van der Waals surface area contributed by atoms with Gasteiger partial charge in [-0.3, -0.25) is 4.79 Å². The molecule has 2 heterocycles. The average molecular weight is 578 g/mol. The number of hydrazone groups is 1. The molecule has 4 aromatic rings. The maximum atomic E-state index is 11.4. The second-order valence-electron chi connectivity index (χ2n) is 10.5. The predicted octanol–water partition coefficient (Wildman–Crippen LogP) is 4.84. The Morgan fingerprint density at radius 2 is 1.90 bits per heavy atom. The molecule has 41 heavy (non-hydrogen) atoms. The molecule has 1 aliphatic rings. The maximum absolute atomic E-state index is 11.4. The Labute approximate surface area is 244 Å². The number of para-hydroxylation sites is 1. The van der Waals surface area contributed by atoms with Crippen molar-refractivity contribution in [3.05, 3.63) is 65.2 Å². The fourth-order valence-corrected chi connectivity index (χ4v) is 5.09. The van der Waals surface area contributed by atoms with E-state index >= 15 is 0 Å². The number of aromatic nitrogens is 1. The highest BCUT2D eigenvalue weighted by molar-refractivity contribution is 6.32. The number of hydrogen-bond acceptors (Lipinski definition) is 7. The lowest BCUT2D eigenvalue weighted by atomic mass is 10.0. The number of rotatable bonds is 12. The number of carbonyl (C=O) groups excluding carboxylic acids is 1. The molecule has 3 aromatic carbocycles. The Bertz CT molecular complexity index is 1570. The number of nitrogens with zero attached hydrogens (tertiary/aromatic N) is 2. The van der Waals surface area contributed by atoms with Gasteiger partial charge in [-0.05, 0) is 42.0 Å². The Hall–Kier alpha value is -3.79. The summed E-state index contributed by atoms with van der Waals surface area (Å²) in [5.41, 5.74) is 7.17. The summed E-state index contributed by atoms with van der Waals surface area (Å²) in [6.07, 6.45) is 0.375. The number of hydrogen-bond donors (Lipinski definition) is 4. The van der Waals surface area contributed by atoms with Gasteiger partial charge in [-0.25, -0.2) is 5.43 Å². The van der Waals surface area contributed by atoms with Gasteiger partial charge >= 0.3 is 0 Å². The average Bonchev–Trinajstić information content (AvgIpc) is 3.36. The van der Waals surface area contributed by atoms with E-state index in [1.807, 2.05) is 69.4 Å². The molecule has 0 bridgehead atoms. The first-order chi connectivity index (χ1) is 19.8. The van der Waals surface area contributed by atoms with Gasteiger partial charge in [0.1, 0.15) is 30.8 Å². The number of benzene rings is 3. The summed E-state index contributed by atoms with van der Waals surface area (Å²) in [5.74, 6) is 1.24. The number of aromatic amines is 1. The van der Waals surface area contributed by atoms with E-state index < -0.39 is 6.10 Å². The summed E-state index contributed by atoms with van der Waals surface area (Å²) < 4.78 is 12.2. The lowest BCUT2D eigenvalue weighted by molar-refractivity contribution is -0.121. The number of H-pyrrole nitrogens is 1. The van der Waals surface area contributed by atoms with Crippen LogP contribution in [0.25, 0.3) is 21.8 Å². The van der Waals surface area contributed by atoms with Crippen molar-refractivity contribution < 1.29 is 19.4 Å². The first-order valence-corrected chi connectivity index (χ1v) is 14.2. The predicted molar refractivity (Wildman–Crippen MR) is 165 cm³/mol. The molecule has 1 aromatic heterocycles. The summed E-state index contributed by atoms with van der Waals surface area (Å²) in [4.78, 5) is 17.1. The number of halogens is 1. The van der Waals surface area contributed by atoms with Gasteiger partial charge in [0.2, 0.25) is 5.91 Å². The summed E-state index contributed by atoms with van der Waals surface area (Å²) in [6.45, 7) is 5.78. The molecule has 216 valence electrons. The van der Waals surface area contributed by atoms with Crippen LogP contribution >= 0.6 is 11.6 Å². The van der Waals surface area contributed by atoms with E-state index in [1.165, 1.54) is 0 Å². The molecule has 1 aliphatic heterocycles. The van der Waals surface area contributed by atoms with E-state index in [9.17, 15) is 9.90 Å². The van der Waals surface area contributed by atoms with E-state index in [-0.39, 0.29) is 12.5 Å². The molecule has 0 aliphatic carbocycles. The topological polar surface area (TPSA) is 111 Å². The van der Waals surface area contributed by atoms with Gasteiger partial charge in [-0.2, -0.15) is 5.10 Å². The zero-order valence-corrected chi connectivity index (χ0v) is 24.3. The van der Waals surface area contributed by atoms with Gasteiger partial charge in [0.25, 0.3) is 0 Å². The number of amides is 1. The van der Waals surface area contributed by atoms with Crippen LogP contribution in [-0.2, 0) is 4.79 Å². The maximum Gasteiger partial charge on any atom is 0.240 e.